The average Bonchev–Trinajstić information content (AvgIpc) is 2.21. The zero-order valence-corrected chi connectivity index (χ0v) is 9.49. The van der Waals surface area contributed by atoms with Gasteiger partial charge in [0.05, 0.1) is 10.6 Å². The van der Waals surface area contributed by atoms with E-state index in [1.54, 1.807) is 6.07 Å². The second-order valence-corrected chi connectivity index (χ2v) is 3.64. The van der Waals surface area contributed by atoms with Gasteiger partial charge in [0.1, 0.15) is 5.82 Å². The lowest BCUT2D eigenvalue weighted by Crippen LogP contribution is -2.14. The third-order valence-corrected chi connectivity index (χ3v) is 2.77. The fourth-order valence-corrected chi connectivity index (χ4v) is 1.86. The first-order chi connectivity index (χ1) is 7.02. The van der Waals surface area contributed by atoms with Crippen molar-refractivity contribution < 1.29 is 9.18 Å². The molecule has 15 heavy (non-hydrogen) atoms. The Morgan fingerprint density at radius 3 is 2.47 bits per heavy atom. The van der Waals surface area contributed by atoms with Crippen LogP contribution < -0.4 is 5.73 Å². The highest BCUT2D eigenvalue weighted by atomic mass is 35.5. The monoisotopic (exact) mass is 229 g/mol. The van der Waals surface area contributed by atoms with Crippen molar-refractivity contribution in [3.63, 3.8) is 0 Å². The van der Waals surface area contributed by atoms with Crippen LogP contribution in [0.25, 0.3) is 0 Å². The van der Waals surface area contributed by atoms with Crippen molar-refractivity contribution >= 4 is 17.5 Å². The summed E-state index contributed by atoms with van der Waals surface area (Å²) in [6.45, 7) is 3.74. The van der Waals surface area contributed by atoms with Gasteiger partial charge in [0.25, 0.3) is 0 Å². The van der Waals surface area contributed by atoms with Crippen LogP contribution in [0.15, 0.2) is 6.07 Å². The van der Waals surface area contributed by atoms with E-state index in [0.29, 0.717) is 18.4 Å². The van der Waals surface area contributed by atoms with Crippen LogP contribution in [0.4, 0.5) is 4.39 Å². The molecule has 0 atom stereocenters. The van der Waals surface area contributed by atoms with Crippen LogP contribution in [0.1, 0.15) is 35.3 Å². The summed E-state index contributed by atoms with van der Waals surface area (Å²) in [6, 6.07) is 1.58. The molecule has 0 aliphatic heterocycles. The molecule has 82 valence electrons. The minimum atomic E-state index is -0.698. The summed E-state index contributed by atoms with van der Waals surface area (Å²) >= 11 is 5.73. The minimum absolute atomic E-state index is 0.0585. The van der Waals surface area contributed by atoms with Crippen LogP contribution in [0.5, 0.6) is 0 Å². The van der Waals surface area contributed by atoms with Gasteiger partial charge in [-0.05, 0) is 30.0 Å². The maximum absolute atomic E-state index is 13.7. The molecule has 4 heteroatoms. The van der Waals surface area contributed by atoms with Crippen molar-refractivity contribution in [1.82, 2.24) is 0 Å². The van der Waals surface area contributed by atoms with E-state index in [1.807, 2.05) is 13.8 Å². The first-order valence-corrected chi connectivity index (χ1v) is 5.20. The molecule has 0 saturated carbocycles. The highest BCUT2D eigenvalue weighted by Gasteiger charge is 2.17. The third-order valence-electron chi connectivity index (χ3n) is 2.40. The summed E-state index contributed by atoms with van der Waals surface area (Å²) in [6.07, 6.45) is 1.20. The molecule has 0 heterocycles. The minimum Gasteiger partial charge on any atom is -0.366 e. The highest BCUT2D eigenvalue weighted by molar-refractivity contribution is 6.34. The van der Waals surface area contributed by atoms with Gasteiger partial charge in [-0.15, -0.1) is 0 Å². The molecule has 0 aromatic heterocycles. The number of rotatable bonds is 3. The predicted molar refractivity (Wildman–Crippen MR) is 58.7 cm³/mol. The first-order valence-electron chi connectivity index (χ1n) is 4.82. The lowest BCUT2D eigenvalue weighted by atomic mass is 9.99. The molecule has 0 saturated heterocycles. The molecular weight excluding hydrogens is 217 g/mol. The number of nitrogens with two attached hydrogens (primary N) is 1. The van der Waals surface area contributed by atoms with Crippen LogP contribution in [-0.2, 0) is 12.8 Å². The fourth-order valence-electron chi connectivity index (χ4n) is 1.59. The van der Waals surface area contributed by atoms with Gasteiger partial charge >= 0.3 is 0 Å². The second kappa shape index (κ2) is 4.62. The van der Waals surface area contributed by atoms with Crippen molar-refractivity contribution in [3.05, 3.63) is 33.6 Å². The number of hydrogen-bond acceptors (Lipinski definition) is 1. The lowest BCUT2D eigenvalue weighted by molar-refractivity contribution is 0.1000. The Kier molecular flexibility index (Phi) is 3.69. The molecule has 1 rings (SSSR count). The van der Waals surface area contributed by atoms with Crippen molar-refractivity contribution in [2.45, 2.75) is 26.7 Å². The summed E-state index contributed by atoms with van der Waals surface area (Å²) in [4.78, 5) is 11.0. The topological polar surface area (TPSA) is 43.1 Å². The first kappa shape index (κ1) is 12.0. The number of amides is 1. The number of halogens is 2. The number of primary amides is 1. The van der Waals surface area contributed by atoms with Crippen molar-refractivity contribution in [3.8, 4) is 0 Å². The highest BCUT2D eigenvalue weighted by Crippen LogP contribution is 2.27. The van der Waals surface area contributed by atoms with E-state index < -0.39 is 11.7 Å². The van der Waals surface area contributed by atoms with Gasteiger partial charge in [-0.1, -0.05) is 25.4 Å². The number of carbonyl (C=O) groups excluding carboxylic acids is 1. The number of aryl methyl sites for hydroxylation is 1. The average molecular weight is 230 g/mol. The van der Waals surface area contributed by atoms with E-state index >= 15 is 0 Å². The predicted octanol–water partition coefficient (Wildman–Crippen LogP) is 2.70. The van der Waals surface area contributed by atoms with Gasteiger partial charge in [-0.2, -0.15) is 0 Å². The van der Waals surface area contributed by atoms with Crippen molar-refractivity contribution in [2.75, 3.05) is 0 Å². The zero-order valence-electron chi connectivity index (χ0n) is 8.73. The SMILES string of the molecule is CCc1cc(C(N)=O)c(Cl)c(F)c1CC. The normalized spacial score (nSPS) is 10.4. The van der Waals surface area contributed by atoms with Gasteiger partial charge in [-0.3, -0.25) is 4.79 Å². The molecule has 2 N–H and O–H groups in total. The largest absolute Gasteiger partial charge is 0.366 e. The van der Waals surface area contributed by atoms with Gasteiger partial charge in [-0.25, -0.2) is 4.39 Å². The molecule has 0 radical (unpaired) electrons. The standard InChI is InChI=1S/C11H13ClFNO/c1-3-6-5-8(11(14)15)9(12)10(13)7(6)4-2/h5H,3-4H2,1-2H3,(H2,14,15). The van der Waals surface area contributed by atoms with E-state index in [-0.39, 0.29) is 10.6 Å². The van der Waals surface area contributed by atoms with Gasteiger partial charge in [0.2, 0.25) is 5.91 Å². The smallest absolute Gasteiger partial charge is 0.250 e. The molecule has 0 fully saturated rings. The third kappa shape index (κ3) is 2.12. The Labute approximate surface area is 93.2 Å². The summed E-state index contributed by atoms with van der Waals surface area (Å²) in [5.74, 6) is -1.22. The van der Waals surface area contributed by atoms with E-state index in [1.165, 1.54) is 0 Å². The molecule has 0 spiro atoms. The maximum atomic E-state index is 13.7. The second-order valence-electron chi connectivity index (χ2n) is 3.26. The number of hydrogen-bond donors (Lipinski definition) is 1. The molecular formula is C11H13ClFNO. The van der Waals surface area contributed by atoms with E-state index in [9.17, 15) is 9.18 Å². The van der Waals surface area contributed by atoms with Crippen LogP contribution in [0, 0.1) is 5.82 Å². The molecule has 1 amide bonds. The van der Waals surface area contributed by atoms with Crippen LogP contribution in [-0.4, -0.2) is 5.91 Å². The molecule has 1 aromatic rings. The molecule has 1 aromatic carbocycles. The van der Waals surface area contributed by atoms with Gasteiger partial charge in [0.15, 0.2) is 0 Å². The number of benzene rings is 1. The molecule has 0 aliphatic carbocycles. The van der Waals surface area contributed by atoms with Crippen LogP contribution in [0.2, 0.25) is 5.02 Å². The van der Waals surface area contributed by atoms with Gasteiger partial charge in [0, 0.05) is 0 Å². The maximum Gasteiger partial charge on any atom is 0.250 e. The Bertz CT molecular complexity index is 404. The number of carbonyl (C=O) groups is 1. The van der Waals surface area contributed by atoms with Crippen LogP contribution in [0.3, 0.4) is 0 Å². The van der Waals surface area contributed by atoms with Gasteiger partial charge < -0.3 is 5.73 Å². The summed E-state index contributed by atoms with van der Waals surface area (Å²) in [5, 5.41) is -0.170. The quantitative estimate of drug-likeness (QED) is 0.851. The summed E-state index contributed by atoms with van der Waals surface area (Å²) < 4.78 is 13.7. The Morgan fingerprint density at radius 1 is 1.47 bits per heavy atom. The van der Waals surface area contributed by atoms with E-state index in [2.05, 4.69) is 0 Å². The Morgan fingerprint density at radius 2 is 2.07 bits per heavy atom. The van der Waals surface area contributed by atoms with E-state index in [4.69, 9.17) is 17.3 Å². The summed E-state index contributed by atoms with van der Waals surface area (Å²) in [7, 11) is 0. The molecule has 0 bridgehead atoms. The fraction of sp³-hybridized carbons (Fsp3) is 0.364. The Hall–Kier alpha value is -1.09. The Balaban J connectivity index is 3.49. The van der Waals surface area contributed by atoms with Crippen molar-refractivity contribution in [1.29, 1.82) is 0 Å². The van der Waals surface area contributed by atoms with Crippen LogP contribution >= 0.6 is 11.6 Å². The zero-order chi connectivity index (χ0) is 11.6. The lowest BCUT2D eigenvalue weighted by Gasteiger charge is -2.11. The van der Waals surface area contributed by atoms with Crippen molar-refractivity contribution in [2.24, 2.45) is 5.73 Å². The van der Waals surface area contributed by atoms with E-state index in [0.717, 1.165) is 5.56 Å². The molecule has 2 nitrogen and oxygen atoms in total. The molecule has 0 unspecified atom stereocenters. The summed E-state index contributed by atoms with van der Waals surface area (Å²) in [5.41, 5.74) is 6.51. The molecule has 0 aliphatic rings.